The van der Waals surface area contributed by atoms with E-state index in [0.29, 0.717) is 5.89 Å². The van der Waals surface area contributed by atoms with Crippen molar-refractivity contribution < 1.29 is 8.83 Å². The molecule has 0 atom stereocenters. The maximum Gasteiger partial charge on any atom is 0.227 e. The SMILES string of the molecule is c1ccc(-c2nc3c(ccc4ccc5cc(-c6c7ccccc7c(-c7ccc8oc9ccccc9c8c7)c7ccccc67)ccc5c43)o2)cc1. The monoisotopic (exact) mass is 637 g/mol. The minimum Gasteiger partial charge on any atom is -0.456 e. The molecule has 3 heteroatoms. The summed E-state index contributed by atoms with van der Waals surface area (Å²) in [5, 5.41) is 11.8. The smallest absolute Gasteiger partial charge is 0.227 e. The lowest BCUT2D eigenvalue weighted by molar-refractivity contribution is 0.620. The Morgan fingerprint density at radius 3 is 1.64 bits per heavy atom. The molecule has 0 radical (unpaired) electrons. The van der Waals surface area contributed by atoms with Crippen molar-refractivity contribution in [1.29, 1.82) is 0 Å². The van der Waals surface area contributed by atoms with Gasteiger partial charge in [-0.25, -0.2) is 4.98 Å². The van der Waals surface area contributed by atoms with Crippen molar-refractivity contribution in [1.82, 2.24) is 4.98 Å². The second-order valence-corrected chi connectivity index (χ2v) is 13.0. The normalized spacial score (nSPS) is 12.0. The fourth-order valence-corrected chi connectivity index (χ4v) is 8.03. The van der Waals surface area contributed by atoms with Crippen LogP contribution in [0.3, 0.4) is 0 Å². The predicted octanol–water partition coefficient (Wildman–Crippen LogP) is 13.3. The molecule has 0 bridgehead atoms. The van der Waals surface area contributed by atoms with Crippen LogP contribution >= 0.6 is 0 Å². The molecule has 50 heavy (non-hydrogen) atoms. The maximum atomic E-state index is 6.27. The first kappa shape index (κ1) is 27.3. The third kappa shape index (κ3) is 3.95. The molecule has 0 amide bonds. The number of furan rings is 1. The van der Waals surface area contributed by atoms with E-state index in [1.165, 1.54) is 49.2 Å². The first-order valence-corrected chi connectivity index (χ1v) is 17.0. The summed E-state index contributed by atoms with van der Waals surface area (Å²) in [6.45, 7) is 0. The van der Waals surface area contributed by atoms with Crippen molar-refractivity contribution in [2.24, 2.45) is 0 Å². The molecule has 232 valence electrons. The topological polar surface area (TPSA) is 39.2 Å². The van der Waals surface area contributed by atoms with Crippen LogP contribution in [0.4, 0.5) is 0 Å². The van der Waals surface area contributed by atoms with Gasteiger partial charge in [0.15, 0.2) is 5.58 Å². The number of para-hydroxylation sites is 1. The molecule has 0 saturated heterocycles. The summed E-state index contributed by atoms with van der Waals surface area (Å²) >= 11 is 0. The van der Waals surface area contributed by atoms with E-state index in [9.17, 15) is 0 Å². The lowest BCUT2D eigenvalue weighted by Gasteiger charge is -2.18. The third-order valence-electron chi connectivity index (χ3n) is 10.3. The van der Waals surface area contributed by atoms with E-state index >= 15 is 0 Å². The Labute approximate surface area is 286 Å². The van der Waals surface area contributed by atoms with Crippen LogP contribution in [-0.4, -0.2) is 4.98 Å². The summed E-state index contributed by atoms with van der Waals surface area (Å²) in [5.41, 5.74) is 9.31. The maximum absolute atomic E-state index is 6.27. The summed E-state index contributed by atoms with van der Waals surface area (Å²) in [4.78, 5) is 5.02. The summed E-state index contributed by atoms with van der Waals surface area (Å²) in [6, 6.07) is 58.1. The van der Waals surface area contributed by atoms with Crippen LogP contribution in [0.2, 0.25) is 0 Å². The summed E-state index contributed by atoms with van der Waals surface area (Å²) in [7, 11) is 0. The summed E-state index contributed by atoms with van der Waals surface area (Å²) in [5.74, 6) is 0.639. The van der Waals surface area contributed by atoms with Crippen molar-refractivity contribution in [2.75, 3.05) is 0 Å². The number of aromatic nitrogens is 1. The Morgan fingerprint density at radius 2 is 0.900 bits per heavy atom. The molecule has 0 spiro atoms. The largest absolute Gasteiger partial charge is 0.456 e. The van der Waals surface area contributed by atoms with E-state index in [1.54, 1.807) is 0 Å². The number of rotatable bonds is 3. The van der Waals surface area contributed by atoms with E-state index in [2.05, 4.69) is 115 Å². The molecule has 0 aliphatic rings. The second-order valence-electron chi connectivity index (χ2n) is 13.0. The van der Waals surface area contributed by atoms with Gasteiger partial charge >= 0.3 is 0 Å². The highest BCUT2D eigenvalue weighted by molar-refractivity contribution is 6.24. The van der Waals surface area contributed by atoms with Gasteiger partial charge in [-0.3, -0.25) is 0 Å². The lowest BCUT2D eigenvalue weighted by Crippen LogP contribution is -1.91. The fraction of sp³-hybridized carbons (Fsp3) is 0. The van der Waals surface area contributed by atoms with Crippen molar-refractivity contribution in [2.45, 2.75) is 0 Å². The summed E-state index contributed by atoms with van der Waals surface area (Å²) in [6.07, 6.45) is 0. The lowest BCUT2D eigenvalue weighted by atomic mass is 9.85. The molecule has 0 fully saturated rings. The first-order valence-electron chi connectivity index (χ1n) is 17.0. The number of benzene rings is 9. The van der Waals surface area contributed by atoms with Gasteiger partial charge in [0.1, 0.15) is 16.7 Å². The Hall–Kier alpha value is -6.71. The van der Waals surface area contributed by atoms with Crippen molar-refractivity contribution >= 4 is 76.1 Å². The van der Waals surface area contributed by atoms with Gasteiger partial charge in [-0.05, 0) is 102 Å². The van der Waals surface area contributed by atoms with Gasteiger partial charge in [0.2, 0.25) is 5.89 Å². The van der Waals surface area contributed by atoms with Crippen LogP contribution in [0.1, 0.15) is 0 Å². The van der Waals surface area contributed by atoms with Gasteiger partial charge in [0.25, 0.3) is 0 Å². The molecular formula is C47H27NO2. The van der Waals surface area contributed by atoms with Crippen molar-refractivity contribution in [3.05, 3.63) is 164 Å². The van der Waals surface area contributed by atoms with E-state index in [1.807, 2.05) is 48.5 Å². The molecule has 0 saturated carbocycles. The Kier molecular flexibility index (Phi) is 5.67. The zero-order chi connectivity index (χ0) is 32.8. The third-order valence-corrected chi connectivity index (χ3v) is 10.3. The molecule has 0 aliphatic heterocycles. The number of nitrogens with zero attached hydrogens (tertiary/aromatic N) is 1. The molecular weight excluding hydrogens is 611 g/mol. The van der Waals surface area contributed by atoms with Crippen molar-refractivity contribution in [3.8, 4) is 33.7 Å². The van der Waals surface area contributed by atoms with Crippen molar-refractivity contribution in [3.63, 3.8) is 0 Å². The van der Waals surface area contributed by atoms with Crippen LogP contribution in [-0.2, 0) is 0 Å². The second kappa shape index (κ2) is 10.4. The van der Waals surface area contributed by atoms with E-state index in [-0.39, 0.29) is 0 Å². The van der Waals surface area contributed by atoms with Gasteiger partial charge < -0.3 is 8.83 Å². The fourth-order valence-electron chi connectivity index (χ4n) is 8.03. The van der Waals surface area contributed by atoms with Gasteiger partial charge in [0, 0.05) is 21.7 Å². The molecule has 9 aromatic carbocycles. The average molecular weight is 638 g/mol. The van der Waals surface area contributed by atoms with E-state index < -0.39 is 0 Å². The number of oxazole rings is 1. The molecule has 3 nitrogen and oxygen atoms in total. The first-order chi connectivity index (χ1) is 24.8. The van der Waals surface area contributed by atoms with Gasteiger partial charge in [-0.15, -0.1) is 0 Å². The Bertz CT molecular complexity index is 3090. The minimum absolute atomic E-state index is 0.639. The molecule has 11 rings (SSSR count). The van der Waals surface area contributed by atoms with Crippen LogP contribution in [0.25, 0.3) is 110 Å². The van der Waals surface area contributed by atoms with Gasteiger partial charge in [-0.1, -0.05) is 121 Å². The number of fused-ring (bicyclic) bond motifs is 10. The standard InChI is InChI=1S/C47H27NO2/c1-2-10-29(11-3-1)47-48-46-42(50-47)25-21-28-18-19-30-26-31(20-23-33(30)45(28)46)43-35-13-4-6-15-37(35)44(38-16-7-5-14-36(38)43)32-22-24-41-39(27-32)34-12-8-9-17-40(34)49-41/h1-27H. The zero-order valence-corrected chi connectivity index (χ0v) is 26.9. The predicted molar refractivity (Wildman–Crippen MR) is 208 cm³/mol. The highest BCUT2D eigenvalue weighted by Gasteiger charge is 2.19. The molecule has 0 N–H and O–H groups in total. The molecule has 11 aromatic rings. The molecule has 2 heterocycles. The van der Waals surface area contributed by atoms with Crippen LogP contribution in [0.15, 0.2) is 173 Å². The number of hydrogen-bond donors (Lipinski definition) is 0. The van der Waals surface area contributed by atoms with Gasteiger partial charge in [-0.2, -0.15) is 0 Å². The molecule has 0 unspecified atom stereocenters. The van der Waals surface area contributed by atoms with E-state index in [0.717, 1.165) is 54.8 Å². The average Bonchev–Trinajstić information content (AvgIpc) is 3.79. The Balaban J connectivity index is 1.15. The van der Waals surface area contributed by atoms with Crippen LogP contribution < -0.4 is 0 Å². The zero-order valence-electron chi connectivity index (χ0n) is 26.9. The minimum atomic E-state index is 0.639. The van der Waals surface area contributed by atoms with Crippen LogP contribution in [0, 0.1) is 0 Å². The quantitative estimate of drug-likeness (QED) is 0.143. The van der Waals surface area contributed by atoms with Crippen LogP contribution in [0.5, 0.6) is 0 Å². The van der Waals surface area contributed by atoms with E-state index in [4.69, 9.17) is 13.8 Å². The highest BCUT2D eigenvalue weighted by atomic mass is 16.3. The van der Waals surface area contributed by atoms with Gasteiger partial charge in [0.05, 0.1) is 0 Å². The molecule has 0 aliphatic carbocycles. The Morgan fingerprint density at radius 1 is 0.340 bits per heavy atom. The molecule has 2 aromatic heterocycles. The number of hydrogen-bond acceptors (Lipinski definition) is 3. The summed E-state index contributed by atoms with van der Waals surface area (Å²) < 4.78 is 12.5. The highest BCUT2D eigenvalue weighted by Crippen LogP contribution is 2.46.